The van der Waals surface area contributed by atoms with Gasteiger partial charge in [-0.15, -0.1) is 0 Å². The number of carbonyl (C=O) groups is 1. The van der Waals surface area contributed by atoms with Gasteiger partial charge in [0.25, 0.3) is 5.82 Å². The third-order valence-corrected chi connectivity index (χ3v) is 3.39. The zero-order chi connectivity index (χ0) is 13.3. The van der Waals surface area contributed by atoms with Gasteiger partial charge in [0.2, 0.25) is 0 Å². The number of esters is 1. The van der Waals surface area contributed by atoms with Crippen LogP contribution in [0.3, 0.4) is 0 Å². The van der Waals surface area contributed by atoms with Gasteiger partial charge in [0.1, 0.15) is 0 Å². The van der Waals surface area contributed by atoms with E-state index in [4.69, 9.17) is 4.74 Å². The predicted molar refractivity (Wildman–Crippen MR) is 69.6 cm³/mol. The third kappa shape index (κ3) is 1.78. The van der Waals surface area contributed by atoms with Gasteiger partial charge in [-0.3, -0.25) is 0 Å². The molecule has 2 rings (SSSR count). The Hall–Kier alpha value is -1.84. The van der Waals surface area contributed by atoms with Gasteiger partial charge < -0.3 is 4.74 Å². The lowest BCUT2D eigenvalue weighted by Crippen LogP contribution is -2.35. The second-order valence-electron chi connectivity index (χ2n) is 4.23. The molecule has 0 radical (unpaired) electrons. The zero-order valence-corrected chi connectivity index (χ0v) is 11.4. The summed E-state index contributed by atoms with van der Waals surface area (Å²) in [4.78, 5) is 11.6. The average Bonchev–Trinajstić information content (AvgIpc) is 2.67. The Labute approximate surface area is 107 Å². The van der Waals surface area contributed by atoms with E-state index >= 15 is 0 Å². The van der Waals surface area contributed by atoms with Gasteiger partial charge in [0, 0.05) is 13.0 Å². The lowest BCUT2D eigenvalue weighted by molar-refractivity contribution is -0.674. The average molecular weight is 247 g/mol. The molecule has 2 aromatic rings. The van der Waals surface area contributed by atoms with Crippen LogP contribution < -0.4 is 4.57 Å². The van der Waals surface area contributed by atoms with Crippen LogP contribution in [0.1, 0.15) is 30.0 Å². The third-order valence-electron chi connectivity index (χ3n) is 3.39. The van der Waals surface area contributed by atoms with E-state index in [1.165, 1.54) is 12.9 Å². The minimum atomic E-state index is -0.290. The van der Waals surface area contributed by atoms with Crippen LogP contribution in [0, 0.1) is 6.92 Å². The zero-order valence-electron chi connectivity index (χ0n) is 11.4. The van der Waals surface area contributed by atoms with Crippen molar-refractivity contribution in [2.45, 2.75) is 33.9 Å². The number of carbonyl (C=O) groups excluding carboxylic acids is 1. The van der Waals surface area contributed by atoms with Gasteiger partial charge in [-0.25, -0.2) is 13.9 Å². The van der Waals surface area contributed by atoms with Crippen LogP contribution in [0.2, 0.25) is 0 Å². The summed E-state index contributed by atoms with van der Waals surface area (Å²) >= 11 is 0. The van der Waals surface area contributed by atoms with Crippen molar-refractivity contribution in [3.05, 3.63) is 29.6 Å². The first-order chi connectivity index (χ1) is 8.63. The molecule has 0 N–H and O–H groups in total. The van der Waals surface area contributed by atoms with Gasteiger partial charge in [-0.2, -0.15) is 0 Å². The van der Waals surface area contributed by atoms with Crippen molar-refractivity contribution >= 4 is 17.0 Å². The molecule has 96 valence electrons. The molecule has 1 heterocycles. The molecule has 0 unspecified atom stereocenters. The highest BCUT2D eigenvalue weighted by Crippen LogP contribution is 2.17. The Morgan fingerprint density at radius 1 is 1.39 bits per heavy atom. The quantitative estimate of drug-likeness (QED) is 0.614. The Morgan fingerprint density at radius 3 is 2.67 bits per heavy atom. The van der Waals surface area contributed by atoms with Crippen LogP contribution in [0.25, 0.3) is 11.0 Å². The smallest absolute Gasteiger partial charge is 0.338 e. The molecule has 4 heteroatoms. The second-order valence-corrected chi connectivity index (χ2v) is 4.23. The number of ether oxygens (including phenoxy) is 1. The SMILES string of the molecule is CCn1c(C)[n+](CC)c2ccc(C(=O)OC)cc21. The molecule has 4 nitrogen and oxygen atoms in total. The van der Waals surface area contributed by atoms with E-state index in [2.05, 4.69) is 29.9 Å². The van der Waals surface area contributed by atoms with Crippen LogP contribution >= 0.6 is 0 Å². The van der Waals surface area contributed by atoms with Crippen molar-refractivity contribution in [1.82, 2.24) is 4.57 Å². The summed E-state index contributed by atoms with van der Waals surface area (Å²) in [7, 11) is 1.41. The maximum absolute atomic E-state index is 11.6. The van der Waals surface area contributed by atoms with E-state index in [1.54, 1.807) is 0 Å². The number of hydrogen-bond donors (Lipinski definition) is 0. The first-order valence-electron chi connectivity index (χ1n) is 6.25. The molecular weight excluding hydrogens is 228 g/mol. The maximum atomic E-state index is 11.6. The Balaban J connectivity index is 2.72. The summed E-state index contributed by atoms with van der Waals surface area (Å²) in [6.45, 7) is 8.15. The number of fused-ring (bicyclic) bond motifs is 1. The molecule has 0 saturated carbocycles. The molecule has 0 amide bonds. The number of hydrogen-bond acceptors (Lipinski definition) is 2. The lowest BCUT2D eigenvalue weighted by Gasteiger charge is -1.98. The Kier molecular flexibility index (Phi) is 3.36. The van der Waals surface area contributed by atoms with Crippen LogP contribution in [0.15, 0.2) is 18.2 Å². The minimum Gasteiger partial charge on any atom is -0.465 e. The lowest BCUT2D eigenvalue weighted by atomic mass is 10.2. The fraction of sp³-hybridized carbons (Fsp3) is 0.429. The van der Waals surface area contributed by atoms with Crippen molar-refractivity contribution < 1.29 is 14.1 Å². The predicted octanol–water partition coefficient (Wildman–Crippen LogP) is 2.06. The monoisotopic (exact) mass is 247 g/mol. The number of methoxy groups -OCH3 is 1. The van der Waals surface area contributed by atoms with Crippen LogP contribution in [-0.4, -0.2) is 17.6 Å². The van der Waals surface area contributed by atoms with E-state index in [1.807, 2.05) is 18.2 Å². The van der Waals surface area contributed by atoms with Gasteiger partial charge in [-0.05, 0) is 26.0 Å². The summed E-state index contributed by atoms with van der Waals surface area (Å²) in [6.07, 6.45) is 0. The van der Waals surface area contributed by atoms with Gasteiger partial charge in [0.15, 0.2) is 11.0 Å². The second kappa shape index (κ2) is 4.80. The van der Waals surface area contributed by atoms with Crippen LogP contribution in [0.4, 0.5) is 0 Å². The Morgan fingerprint density at radius 2 is 2.11 bits per heavy atom. The fourth-order valence-corrected chi connectivity index (χ4v) is 2.51. The largest absolute Gasteiger partial charge is 0.465 e. The molecule has 1 aromatic carbocycles. The normalized spacial score (nSPS) is 10.9. The molecule has 0 aliphatic carbocycles. The molecule has 18 heavy (non-hydrogen) atoms. The van der Waals surface area contributed by atoms with E-state index in [0.717, 1.165) is 24.1 Å². The highest BCUT2D eigenvalue weighted by atomic mass is 16.5. The summed E-state index contributed by atoms with van der Waals surface area (Å²) < 4.78 is 9.23. The molecular formula is C14H19N2O2+. The highest BCUT2D eigenvalue weighted by Gasteiger charge is 2.20. The highest BCUT2D eigenvalue weighted by molar-refractivity contribution is 5.93. The standard InChI is InChI=1S/C14H19N2O2/c1-5-15-10(3)16(6-2)13-9-11(14(17)18-4)7-8-12(13)15/h7-9H,5-6H2,1-4H3/q+1. The van der Waals surface area contributed by atoms with Crippen molar-refractivity contribution in [3.63, 3.8) is 0 Å². The summed E-state index contributed by atoms with van der Waals surface area (Å²) in [6, 6.07) is 5.72. The molecule has 0 spiro atoms. The molecule has 1 aromatic heterocycles. The summed E-state index contributed by atoms with van der Waals surface area (Å²) in [5.74, 6) is 0.915. The van der Waals surface area contributed by atoms with E-state index in [9.17, 15) is 4.79 Å². The van der Waals surface area contributed by atoms with Gasteiger partial charge >= 0.3 is 5.97 Å². The van der Waals surface area contributed by atoms with Crippen molar-refractivity contribution in [2.75, 3.05) is 7.11 Å². The molecule has 0 atom stereocenters. The molecule has 0 fully saturated rings. The molecule has 0 aliphatic rings. The van der Waals surface area contributed by atoms with Crippen LogP contribution in [0.5, 0.6) is 0 Å². The Bertz CT molecular complexity index is 599. The first-order valence-corrected chi connectivity index (χ1v) is 6.25. The first kappa shape index (κ1) is 12.6. The van der Waals surface area contributed by atoms with E-state index < -0.39 is 0 Å². The van der Waals surface area contributed by atoms with E-state index in [0.29, 0.717) is 5.56 Å². The molecule has 0 saturated heterocycles. The van der Waals surface area contributed by atoms with Gasteiger partial charge in [-0.1, -0.05) is 0 Å². The maximum Gasteiger partial charge on any atom is 0.338 e. The molecule has 0 bridgehead atoms. The number of imidazole rings is 1. The van der Waals surface area contributed by atoms with Gasteiger partial charge in [0.05, 0.1) is 25.8 Å². The number of aromatic nitrogens is 2. The number of aryl methyl sites for hydroxylation is 2. The minimum absolute atomic E-state index is 0.290. The summed E-state index contributed by atoms with van der Waals surface area (Å²) in [5, 5.41) is 0. The van der Waals surface area contributed by atoms with E-state index in [-0.39, 0.29) is 5.97 Å². The number of nitrogens with zero attached hydrogens (tertiary/aromatic N) is 2. The van der Waals surface area contributed by atoms with Crippen LogP contribution in [-0.2, 0) is 17.8 Å². The van der Waals surface area contributed by atoms with Crippen molar-refractivity contribution in [2.24, 2.45) is 0 Å². The topological polar surface area (TPSA) is 35.1 Å². The fourth-order valence-electron chi connectivity index (χ4n) is 2.51. The number of rotatable bonds is 3. The van der Waals surface area contributed by atoms with Crippen molar-refractivity contribution in [1.29, 1.82) is 0 Å². The number of benzene rings is 1. The summed E-state index contributed by atoms with van der Waals surface area (Å²) in [5.41, 5.74) is 2.84. The molecule has 0 aliphatic heterocycles. The van der Waals surface area contributed by atoms with Crippen molar-refractivity contribution in [3.8, 4) is 0 Å².